The summed E-state index contributed by atoms with van der Waals surface area (Å²) in [5, 5.41) is 6.00. The maximum absolute atomic E-state index is 12.3. The molecule has 0 saturated carbocycles. The summed E-state index contributed by atoms with van der Waals surface area (Å²) in [5.41, 5.74) is 1.38. The van der Waals surface area contributed by atoms with Gasteiger partial charge < -0.3 is 20.1 Å². The van der Waals surface area contributed by atoms with Crippen molar-refractivity contribution in [1.29, 1.82) is 0 Å². The number of anilines is 2. The Hall–Kier alpha value is -2.73. The maximum Gasteiger partial charge on any atom is 0.341 e. The molecule has 0 saturated heterocycles. The van der Waals surface area contributed by atoms with Gasteiger partial charge in [-0.1, -0.05) is 23.7 Å². The van der Waals surface area contributed by atoms with Gasteiger partial charge in [0, 0.05) is 17.8 Å². The second-order valence-corrected chi connectivity index (χ2v) is 5.61. The number of carbonyl (C=O) groups is 2. The minimum Gasteiger partial charge on any atom is -0.495 e. The predicted molar refractivity (Wildman–Crippen MR) is 97.5 cm³/mol. The van der Waals surface area contributed by atoms with E-state index in [0.29, 0.717) is 27.7 Å². The van der Waals surface area contributed by atoms with Crippen LogP contribution in [0.4, 0.5) is 11.4 Å². The molecule has 0 bridgehead atoms. The largest absolute Gasteiger partial charge is 0.495 e. The van der Waals surface area contributed by atoms with E-state index in [2.05, 4.69) is 10.6 Å². The zero-order chi connectivity index (χ0) is 18.4. The Balaban J connectivity index is 2.08. The molecule has 6 nitrogen and oxygen atoms in total. The fourth-order valence-electron chi connectivity index (χ4n) is 2.17. The Morgan fingerprint density at radius 1 is 1.12 bits per heavy atom. The predicted octanol–water partition coefficient (Wildman–Crippen LogP) is 3.57. The van der Waals surface area contributed by atoms with Gasteiger partial charge in [0.05, 0.1) is 18.4 Å². The normalized spacial score (nSPS) is 11.4. The molecule has 132 valence electrons. The van der Waals surface area contributed by atoms with Crippen molar-refractivity contribution in [2.75, 3.05) is 24.8 Å². The lowest BCUT2D eigenvalue weighted by atomic mass is 10.2. The van der Waals surface area contributed by atoms with Crippen molar-refractivity contribution in [3.63, 3.8) is 0 Å². The number of methoxy groups -OCH3 is 1. The van der Waals surface area contributed by atoms with Crippen molar-refractivity contribution in [3.8, 4) is 5.75 Å². The molecule has 2 aromatic rings. The molecule has 2 N–H and O–H groups in total. The molecule has 1 atom stereocenters. The molecule has 0 heterocycles. The fourth-order valence-corrected chi connectivity index (χ4v) is 2.34. The highest BCUT2D eigenvalue weighted by Crippen LogP contribution is 2.28. The number of para-hydroxylation sites is 1. The van der Waals surface area contributed by atoms with E-state index in [4.69, 9.17) is 21.1 Å². The van der Waals surface area contributed by atoms with E-state index in [1.807, 2.05) is 0 Å². The molecule has 0 spiro atoms. The lowest BCUT2D eigenvalue weighted by molar-refractivity contribution is -0.123. The van der Waals surface area contributed by atoms with Gasteiger partial charge in [-0.15, -0.1) is 0 Å². The Morgan fingerprint density at radius 2 is 1.84 bits per heavy atom. The molecule has 0 radical (unpaired) electrons. The molecular formula is C18H19ClN2O4. The van der Waals surface area contributed by atoms with Crippen LogP contribution in [0.1, 0.15) is 17.3 Å². The number of hydrogen-bond acceptors (Lipinski definition) is 5. The molecule has 0 aliphatic carbocycles. The Bertz CT molecular complexity index is 779. The van der Waals surface area contributed by atoms with Crippen molar-refractivity contribution >= 4 is 34.9 Å². The van der Waals surface area contributed by atoms with Crippen LogP contribution in [-0.4, -0.2) is 32.1 Å². The van der Waals surface area contributed by atoms with Gasteiger partial charge in [-0.25, -0.2) is 4.79 Å². The van der Waals surface area contributed by atoms with E-state index in [1.165, 1.54) is 14.0 Å². The lowest BCUT2D eigenvalue weighted by Gasteiger charge is -2.16. The summed E-state index contributed by atoms with van der Waals surface area (Å²) in [6.07, 6.45) is -0.999. The standard InChI is InChI=1S/C18H19ClN2O4/c1-11(25-18(23)13-6-4-5-7-14(13)20-2)17(22)21-15-10-12(19)8-9-16(15)24-3/h4-11,20H,1-3H3,(H,21,22)/t11-/m1/s1. The number of carbonyl (C=O) groups excluding carboxylic acids is 2. The number of halogens is 1. The molecule has 7 heteroatoms. The summed E-state index contributed by atoms with van der Waals surface area (Å²) < 4.78 is 10.4. The van der Waals surface area contributed by atoms with Gasteiger partial charge in [0.2, 0.25) is 0 Å². The monoisotopic (exact) mass is 362 g/mol. The summed E-state index contributed by atoms with van der Waals surface area (Å²) in [5.74, 6) is -0.627. The van der Waals surface area contributed by atoms with Crippen molar-refractivity contribution in [1.82, 2.24) is 0 Å². The second kappa shape index (κ2) is 8.39. The maximum atomic E-state index is 12.3. The summed E-state index contributed by atoms with van der Waals surface area (Å²) in [7, 11) is 3.19. The SMILES string of the molecule is CNc1ccccc1C(=O)O[C@H](C)C(=O)Nc1cc(Cl)ccc1OC. The van der Waals surface area contributed by atoms with Crippen LogP contribution in [0.25, 0.3) is 0 Å². The molecule has 0 unspecified atom stereocenters. The van der Waals surface area contributed by atoms with E-state index >= 15 is 0 Å². The van der Waals surface area contributed by atoms with Crippen molar-refractivity contribution in [3.05, 3.63) is 53.1 Å². The number of amides is 1. The molecule has 1 amide bonds. The van der Waals surface area contributed by atoms with Gasteiger partial charge in [-0.2, -0.15) is 0 Å². The van der Waals surface area contributed by atoms with E-state index < -0.39 is 18.0 Å². The molecule has 0 aliphatic heterocycles. The molecule has 2 aromatic carbocycles. The van der Waals surface area contributed by atoms with Crippen LogP contribution in [0.2, 0.25) is 5.02 Å². The zero-order valence-electron chi connectivity index (χ0n) is 14.1. The van der Waals surface area contributed by atoms with Crippen LogP contribution in [-0.2, 0) is 9.53 Å². The quantitative estimate of drug-likeness (QED) is 0.768. The summed E-state index contributed by atoms with van der Waals surface area (Å²) in [6.45, 7) is 1.49. The topological polar surface area (TPSA) is 76.7 Å². The molecule has 0 aromatic heterocycles. The number of benzene rings is 2. The highest BCUT2D eigenvalue weighted by atomic mass is 35.5. The Labute approximate surface area is 151 Å². The molecule has 25 heavy (non-hydrogen) atoms. The number of nitrogens with one attached hydrogen (secondary N) is 2. The molecule has 0 aliphatic rings. The van der Waals surface area contributed by atoms with Crippen LogP contribution < -0.4 is 15.4 Å². The highest BCUT2D eigenvalue weighted by molar-refractivity contribution is 6.31. The number of rotatable bonds is 6. The zero-order valence-corrected chi connectivity index (χ0v) is 14.9. The third kappa shape index (κ3) is 4.64. The Morgan fingerprint density at radius 3 is 2.52 bits per heavy atom. The van der Waals surface area contributed by atoms with E-state index in [1.54, 1.807) is 49.5 Å². The fraction of sp³-hybridized carbons (Fsp3) is 0.222. The van der Waals surface area contributed by atoms with Crippen molar-refractivity contribution < 1.29 is 19.1 Å². The van der Waals surface area contributed by atoms with Gasteiger partial charge in [0.15, 0.2) is 6.10 Å². The van der Waals surface area contributed by atoms with Crippen LogP contribution in [0.5, 0.6) is 5.75 Å². The van der Waals surface area contributed by atoms with E-state index in [-0.39, 0.29) is 0 Å². The first-order chi connectivity index (χ1) is 12.0. The van der Waals surface area contributed by atoms with Crippen molar-refractivity contribution in [2.24, 2.45) is 0 Å². The number of hydrogen-bond donors (Lipinski definition) is 2. The van der Waals surface area contributed by atoms with Crippen LogP contribution in [0, 0.1) is 0 Å². The van der Waals surface area contributed by atoms with E-state index in [0.717, 1.165) is 0 Å². The third-order valence-electron chi connectivity index (χ3n) is 3.49. The minimum absolute atomic E-state index is 0.352. The van der Waals surface area contributed by atoms with Gasteiger partial charge in [0.25, 0.3) is 5.91 Å². The van der Waals surface area contributed by atoms with Gasteiger partial charge in [-0.3, -0.25) is 4.79 Å². The molecule has 0 fully saturated rings. The third-order valence-corrected chi connectivity index (χ3v) is 3.72. The smallest absolute Gasteiger partial charge is 0.341 e. The molecule has 2 rings (SSSR count). The van der Waals surface area contributed by atoms with Gasteiger partial charge in [-0.05, 0) is 37.3 Å². The van der Waals surface area contributed by atoms with Gasteiger partial charge in [0.1, 0.15) is 5.75 Å². The second-order valence-electron chi connectivity index (χ2n) is 5.18. The number of ether oxygens (including phenoxy) is 2. The Kier molecular flexibility index (Phi) is 6.25. The van der Waals surface area contributed by atoms with Crippen LogP contribution in [0.3, 0.4) is 0 Å². The summed E-state index contributed by atoms with van der Waals surface area (Å²) in [6, 6.07) is 11.7. The first-order valence-corrected chi connectivity index (χ1v) is 7.96. The van der Waals surface area contributed by atoms with Crippen molar-refractivity contribution in [2.45, 2.75) is 13.0 Å². The highest BCUT2D eigenvalue weighted by Gasteiger charge is 2.21. The van der Waals surface area contributed by atoms with Gasteiger partial charge >= 0.3 is 5.97 Å². The average molecular weight is 363 g/mol. The van der Waals surface area contributed by atoms with E-state index in [9.17, 15) is 9.59 Å². The number of esters is 1. The van der Waals surface area contributed by atoms with Crippen LogP contribution in [0.15, 0.2) is 42.5 Å². The summed E-state index contributed by atoms with van der Waals surface area (Å²) in [4.78, 5) is 24.6. The lowest BCUT2D eigenvalue weighted by Crippen LogP contribution is -2.30. The summed E-state index contributed by atoms with van der Waals surface area (Å²) >= 11 is 5.94. The first-order valence-electron chi connectivity index (χ1n) is 7.58. The first kappa shape index (κ1) is 18.6. The average Bonchev–Trinajstić information content (AvgIpc) is 2.61. The van der Waals surface area contributed by atoms with Crippen LogP contribution >= 0.6 is 11.6 Å². The minimum atomic E-state index is -0.999. The molecular weight excluding hydrogens is 344 g/mol.